The molecule has 2 aromatic rings. The summed E-state index contributed by atoms with van der Waals surface area (Å²) in [6.07, 6.45) is 3.29. The van der Waals surface area contributed by atoms with E-state index in [-0.39, 0.29) is 5.91 Å². The molecule has 0 fully saturated rings. The predicted molar refractivity (Wildman–Crippen MR) is 107 cm³/mol. The van der Waals surface area contributed by atoms with Gasteiger partial charge in [-0.05, 0) is 48.1 Å². The van der Waals surface area contributed by atoms with E-state index in [2.05, 4.69) is 47.5 Å². The second-order valence-corrected chi connectivity index (χ2v) is 7.16. The number of fused-ring (bicyclic) bond motifs is 1. The summed E-state index contributed by atoms with van der Waals surface area (Å²) in [5.41, 5.74) is 4.60. The van der Waals surface area contributed by atoms with Crippen LogP contribution < -0.4 is 5.32 Å². The summed E-state index contributed by atoms with van der Waals surface area (Å²) in [6, 6.07) is 18.6. The molecule has 1 aliphatic rings. The van der Waals surface area contributed by atoms with Crippen molar-refractivity contribution in [2.45, 2.75) is 45.2 Å². The van der Waals surface area contributed by atoms with E-state index in [1.807, 2.05) is 12.1 Å². The van der Waals surface area contributed by atoms with Crippen molar-refractivity contribution >= 4 is 5.91 Å². The molecule has 0 saturated carbocycles. The third-order valence-corrected chi connectivity index (χ3v) is 5.41. The quantitative estimate of drug-likeness (QED) is 0.822. The molecule has 0 saturated heterocycles. The Balaban J connectivity index is 1.46. The first kappa shape index (κ1) is 19.1. The van der Waals surface area contributed by atoms with Crippen LogP contribution in [0.3, 0.4) is 0 Å². The Hall–Kier alpha value is -2.64. The minimum Gasteiger partial charge on any atom is -0.355 e. The van der Waals surface area contributed by atoms with Crippen LogP contribution in [0.5, 0.6) is 0 Å². The number of amides is 1. The third kappa shape index (κ3) is 5.18. The van der Waals surface area contributed by atoms with Gasteiger partial charge in [-0.3, -0.25) is 9.69 Å². The largest absolute Gasteiger partial charge is 0.355 e. The second kappa shape index (κ2) is 9.34. The fourth-order valence-electron chi connectivity index (χ4n) is 3.68. The molecular formula is C23H27N3O. The van der Waals surface area contributed by atoms with Crippen LogP contribution in [-0.4, -0.2) is 29.9 Å². The highest BCUT2D eigenvalue weighted by molar-refractivity contribution is 5.76. The fraction of sp³-hybridized carbons (Fsp3) is 0.391. The lowest BCUT2D eigenvalue weighted by Gasteiger charge is -2.35. The maximum Gasteiger partial charge on any atom is 0.220 e. The average Bonchev–Trinajstić information content (AvgIpc) is 2.73. The molecule has 0 unspecified atom stereocenters. The number of carbonyl (C=O) groups is 1. The molecule has 0 radical (unpaired) electrons. The van der Waals surface area contributed by atoms with Crippen LogP contribution in [0.2, 0.25) is 0 Å². The first-order valence-corrected chi connectivity index (χ1v) is 9.76. The summed E-state index contributed by atoms with van der Waals surface area (Å²) >= 11 is 0. The third-order valence-electron chi connectivity index (χ3n) is 5.41. The van der Waals surface area contributed by atoms with E-state index in [1.54, 1.807) is 12.1 Å². The minimum absolute atomic E-state index is 0.0928. The lowest BCUT2D eigenvalue weighted by molar-refractivity contribution is -0.121. The molecule has 27 heavy (non-hydrogen) atoms. The minimum atomic E-state index is 0.0928. The zero-order valence-corrected chi connectivity index (χ0v) is 15.9. The summed E-state index contributed by atoms with van der Waals surface area (Å²) in [7, 11) is 0. The molecule has 1 heterocycles. The van der Waals surface area contributed by atoms with Gasteiger partial charge in [0.1, 0.15) is 0 Å². The lowest BCUT2D eigenvalue weighted by Crippen LogP contribution is -2.45. The monoisotopic (exact) mass is 361 g/mol. The molecular weight excluding hydrogens is 334 g/mol. The van der Waals surface area contributed by atoms with Crippen LogP contribution in [0.15, 0.2) is 48.5 Å². The van der Waals surface area contributed by atoms with Crippen LogP contribution in [0, 0.1) is 11.3 Å². The van der Waals surface area contributed by atoms with Crippen molar-refractivity contribution in [2.24, 2.45) is 0 Å². The number of rotatable bonds is 7. The molecule has 4 nitrogen and oxygen atoms in total. The maximum absolute atomic E-state index is 12.3. The molecule has 1 amide bonds. The number of hydrogen-bond donors (Lipinski definition) is 1. The van der Waals surface area contributed by atoms with Gasteiger partial charge in [0.05, 0.1) is 11.6 Å². The standard InChI is InChI=1S/C23H27N3O/c1-2-22(26-14-13-20-5-3-4-6-21(20)17-26)16-25-23(27)12-11-18-7-9-19(15-24)10-8-18/h3-10,22H,2,11-14,16-17H2,1H3,(H,25,27)/t22-/m1/s1. The van der Waals surface area contributed by atoms with E-state index >= 15 is 0 Å². The van der Waals surface area contributed by atoms with Gasteiger partial charge in [0.15, 0.2) is 0 Å². The van der Waals surface area contributed by atoms with Gasteiger partial charge in [0.25, 0.3) is 0 Å². The van der Waals surface area contributed by atoms with Crippen molar-refractivity contribution in [3.8, 4) is 6.07 Å². The van der Waals surface area contributed by atoms with Gasteiger partial charge < -0.3 is 5.32 Å². The second-order valence-electron chi connectivity index (χ2n) is 7.16. The number of nitrogens with zero attached hydrogens (tertiary/aromatic N) is 2. The van der Waals surface area contributed by atoms with E-state index in [0.29, 0.717) is 31.0 Å². The van der Waals surface area contributed by atoms with Crippen molar-refractivity contribution < 1.29 is 4.79 Å². The number of nitriles is 1. The van der Waals surface area contributed by atoms with Crippen LogP contribution >= 0.6 is 0 Å². The highest BCUT2D eigenvalue weighted by Gasteiger charge is 2.22. The zero-order chi connectivity index (χ0) is 19.1. The smallest absolute Gasteiger partial charge is 0.220 e. The van der Waals surface area contributed by atoms with E-state index in [1.165, 1.54) is 11.1 Å². The van der Waals surface area contributed by atoms with Gasteiger partial charge in [-0.25, -0.2) is 0 Å². The number of nitrogens with one attached hydrogen (secondary N) is 1. The number of aryl methyl sites for hydroxylation is 1. The van der Waals surface area contributed by atoms with Crippen LogP contribution in [0.4, 0.5) is 0 Å². The van der Waals surface area contributed by atoms with Crippen LogP contribution in [-0.2, 0) is 24.2 Å². The van der Waals surface area contributed by atoms with Crippen LogP contribution in [0.25, 0.3) is 0 Å². The highest BCUT2D eigenvalue weighted by atomic mass is 16.1. The van der Waals surface area contributed by atoms with Crippen molar-refractivity contribution in [3.05, 3.63) is 70.8 Å². The Labute approximate surface area is 161 Å². The summed E-state index contributed by atoms with van der Waals surface area (Å²) in [4.78, 5) is 14.7. The normalized spacial score (nSPS) is 14.8. The van der Waals surface area contributed by atoms with Gasteiger partial charge in [-0.15, -0.1) is 0 Å². The van der Waals surface area contributed by atoms with E-state index in [0.717, 1.165) is 31.5 Å². The Kier molecular flexibility index (Phi) is 6.62. The van der Waals surface area contributed by atoms with Crippen molar-refractivity contribution in [1.29, 1.82) is 5.26 Å². The van der Waals surface area contributed by atoms with E-state index in [9.17, 15) is 4.79 Å². The number of carbonyl (C=O) groups excluding carboxylic acids is 1. The molecule has 0 aromatic heterocycles. The van der Waals surface area contributed by atoms with Gasteiger partial charge in [0, 0.05) is 32.1 Å². The van der Waals surface area contributed by atoms with Crippen LogP contribution in [0.1, 0.15) is 42.0 Å². The van der Waals surface area contributed by atoms with E-state index in [4.69, 9.17) is 5.26 Å². The zero-order valence-electron chi connectivity index (χ0n) is 15.9. The summed E-state index contributed by atoms with van der Waals surface area (Å²) in [5, 5.41) is 12.0. The Morgan fingerprint density at radius 1 is 1.19 bits per heavy atom. The first-order valence-electron chi connectivity index (χ1n) is 9.76. The maximum atomic E-state index is 12.3. The number of hydrogen-bond acceptors (Lipinski definition) is 3. The molecule has 2 aromatic carbocycles. The molecule has 0 bridgehead atoms. The molecule has 3 rings (SSSR count). The molecule has 0 aliphatic carbocycles. The average molecular weight is 361 g/mol. The van der Waals surface area contributed by atoms with E-state index < -0.39 is 0 Å². The highest BCUT2D eigenvalue weighted by Crippen LogP contribution is 2.21. The fourth-order valence-corrected chi connectivity index (χ4v) is 3.68. The molecule has 4 heteroatoms. The molecule has 1 aliphatic heterocycles. The summed E-state index contributed by atoms with van der Waals surface area (Å²) in [5.74, 6) is 0.0928. The molecule has 1 atom stereocenters. The predicted octanol–water partition coefficient (Wildman–Crippen LogP) is 3.44. The van der Waals surface area contributed by atoms with Crippen molar-refractivity contribution in [1.82, 2.24) is 10.2 Å². The Morgan fingerprint density at radius 3 is 2.63 bits per heavy atom. The van der Waals surface area contributed by atoms with Crippen molar-refractivity contribution in [3.63, 3.8) is 0 Å². The van der Waals surface area contributed by atoms with Crippen molar-refractivity contribution in [2.75, 3.05) is 13.1 Å². The summed E-state index contributed by atoms with van der Waals surface area (Å²) < 4.78 is 0. The van der Waals surface area contributed by atoms with Gasteiger partial charge >= 0.3 is 0 Å². The SMILES string of the molecule is CC[C@H](CNC(=O)CCc1ccc(C#N)cc1)N1CCc2ccccc2C1. The molecule has 1 N–H and O–H groups in total. The number of benzene rings is 2. The first-order chi connectivity index (χ1) is 13.2. The van der Waals surface area contributed by atoms with Gasteiger partial charge in [0.2, 0.25) is 5.91 Å². The van der Waals surface area contributed by atoms with Gasteiger partial charge in [-0.2, -0.15) is 5.26 Å². The summed E-state index contributed by atoms with van der Waals surface area (Å²) in [6.45, 7) is 4.91. The Morgan fingerprint density at radius 2 is 1.93 bits per heavy atom. The molecule has 140 valence electrons. The lowest BCUT2D eigenvalue weighted by atomic mass is 9.98. The molecule has 0 spiro atoms. The topological polar surface area (TPSA) is 56.1 Å². The van der Waals surface area contributed by atoms with Gasteiger partial charge in [-0.1, -0.05) is 43.3 Å². The Bertz CT molecular complexity index is 807.